The zero-order chi connectivity index (χ0) is 20.4. The maximum atomic E-state index is 4.80. The van der Waals surface area contributed by atoms with Gasteiger partial charge < -0.3 is 0 Å². The van der Waals surface area contributed by atoms with Crippen LogP contribution >= 0.6 is 0 Å². The lowest BCUT2D eigenvalue weighted by Gasteiger charge is -2.14. The van der Waals surface area contributed by atoms with Crippen LogP contribution in [0.5, 0.6) is 0 Å². The molecule has 29 heavy (non-hydrogen) atoms. The Labute approximate surface area is 174 Å². The van der Waals surface area contributed by atoms with Gasteiger partial charge in [0.1, 0.15) is 0 Å². The third kappa shape index (κ3) is 4.24. The van der Waals surface area contributed by atoms with Crippen molar-refractivity contribution in [2.45, 2.75) is 40.0 Å². The monoisotopic (exact) mass is 379 g/mol. The largest absolute Gasteiger partial charge is 0.256 e. The van der Waals surface area contributed by atoms with Crippen LogP contribution in [0.25, 0.3) is 33.2 Å². The third-order valence-electron chi connectivity index (χ3n) is 5.48. The molecule has 0 unspecified atom stereocenters. The first-order chi connectivity index (χ1) is 14.0. The second-order valence-corrected chi connectivity index (χ2v) is 8.68. The number of hydrogen-bond donors (Lipinski definition) is 0. The van der Waals surface area contributed by atoms with Crippen molar-refractivity contribution in [3.8, 4) is 22.4 Å². The Hall–Kier alpha value is -2.93. The van der Waals surface area contributed by atoms with E-state index < -0.39 is 0 Å². The topological polar surface area (TPSA) is 12.9 Å². The van der Waals surface area contributed by atoms with Gasteiger partial charge >= 0.3 is 0 Å². The molecule has 1 heteroatoms. The van der Waals surface area contributed by atoms with Gasteiger partial charge in [0.05, 0.1) is 5.69 Å². The summed E-state index contributed by atoms with van der Waals surface area (Å²) in [7, 11) is 0. The highest BCUT2D eigenvalue weighted by Gasteiger charge is 2.12. The van der Waals surface area contributed by atoms with E-state index in [1.165, 1.54) is 38.6 Å². The molecule has 1 nitrogen and oxygen atoms in total. The molecule has 1 aromatic heterocycles. The molecule has 0 radical (unpaired) electrons. The standard InChI is InChI=1S/C28H29N/c1-19(2)14-21-10-11-27-23(15-21)12-13-29-28(27)26-17-24(20(3)4)16-25(18-26)22-8-6-5-7-9-22/h5-13,15-20H,14H2,1-4H3. The van der Waals surface area contributed by atoms with Crippen LogP contribution in [0.1, 0.15) is 44.7 Å². The van der Waals surface area contributed by atoms with Gasteiger partial charge in [-0.05, 0) is 64.1 Å². The number of hydrogen-bond acceptors (Lipinski definition) is 1. The lowest BCUT2D eigenvalue weighted by atomic mass is 9.92. The van der Waals surface area contributed by atoms with E-state index >= 15 is 0 Å². The molecule has 0 atom stereocenters. The summed E-state index contributed by atoms with van der Waals surface area (Å²) in [6, 6.07) is 26.5. The Morgan fingerprint density at radius 2 is 1.48 bits per heavy atom. The molecule has 0 aliphatic rings. The Bertz CT molecular complexity index is 1120. The van der Waals surface area contributed by atoms with Crippen LogP contribution in [0.4, 0.5) is 0 Å². The Kier molecular flexibility index (Phi) is 5.49. The van der Waals surface area contributed by atoms with Crippen molar-refractivity contribution < 1.29 is 0 Å². The van der Waals surface area contributed by atoms with Crippen LogP contribution in [0.3, 0.4) is 0 Å². The fourth-order valence-corrected chi connectivity index (χ4v) is 3.97. The van der Waals surface area contributed by atoms with Gasteiger partial charge in [0, 0.05) is 17.1 Å². The van der Waals surface area contributed by atoms with Crippen LogP contribution in [-0.2, 0) is 6.42 Å². The summed E-state index contributed by atoms with van der Waals surface area (Å²) < 4.78 is 0. The van der Waals surface area contributed by atoms with Crippen LogP contribution in [0.2, 0.25) is 0 Å². The molecular formula is C28H29N. The molecule has 0 saturated carbocycles. The van der Waals surface area contributed by atoms with Gasteiger partial charge in [-0.25, -0.2) is 0 Å². The number of nitrogens with zero attached hydrogens (tertiary/aromatic N) is 1. The van der Waals surface area contributed by atoms with E-state index in [1.807, 2.05) is 6.20 Å². The number of rotatable bonds is 5. The van der Waals surface area contributed by atoms with Crippen molar-refractivity contribution >= 4 is 10.8 Å². The molecule has 0 aliphatic carbocycles. The van der Waals surface area contributed by atoms with Gasteiger partial charge in [-0.2, -0.15) is 0 Å². The van der Waals surface area contributed by atoms with E-state index in [0.717, 1.165) is 12.1 Å². The lowest BCUT2D eigenvalue weighted by Crippen LogP contribution is -1.95. The van der Waals surface area contributed by atoms with Gasteiger partial charge in [-0.3, -0.25) is 4.98 Å². The summed E-state index contributed by atoms with van der Waals surface area (Å²) >= 11 is 0. The molecule has 4 aromatic rings. The van der Waals surface area contributed by atoms with E-state index in [9.17, 15) is 0 Å². The van der Waals surface area contributed by atoms with Crippen LogP contribution in [0, 0.1) is 5.92 Å². The summed E-state index contributed by atoms with van der Waals surface area (Å²) in [5.41, 5.74) is 7.50. The Morgan fingerprint density at radius 3 is 2.21 bits per heavy atom. The average Bonchev–Trinajstić information content (AvgIpc) is 2.73. The average molecular weight is 380 g/mol. The first-order valence-corrected chi connectivity index (χ1v) is 10.6. The molecule has 146 valence electrons. The number of pyridine rings is 1. The SMILES string of the molecule is CC(C)Cc1ccc2c(-c3cc(-c4ccccc4)cc(C(C)C)c3)nccc2c1. The fraction of sp³-hybridized carbons (Fsp3) is 0.250. The van der Waals surface area contributed by atoms with E-state index in [-0.39, 0.29) is 0 Å². The molecule has 0 N–H and O–H groups in total. The summed E-state index contributed by atoms with van der Waals surface area (Å²) in [5, 5.41) is 2.49. The zero-order valence-electron chi connectivity index (χ0n) is 17.8. The molecule has 4 rings (SSSR count). The van der Waals surface area contributed by atoms with Crippen molar-refractivity contribution in [1.82, 2.24) is 4.98 Å². The summed E-state index contributed by atoms with van der Waals surface area (Å²) in [5.74, 6) is 1.12. The number of fused-ring (bicyclic) bond motifs is 1. The molecule has 0 bridgehead atoms. The summed E-state index contributed by atoms with van der Waals surface area (Å²) in [6.07, 6.45) is 3.05. The fourth-order valence-electron chi connectivity index (χ4n) is 3.97. The molecule has 0 amide bonds. The molecule has 1 heterocycles. The van der Waals surface area contributed by atoms with Gasteiger partial charge in [0.25, 0.3) is 0 Å². The van der Waals surface area contributed by atoms with E-state index in [4.69, 9.17) is 4.98 Å². The summed E-state index contributed by atoms with van der Waals surface area (Å²) in [4.78, 5) is 4.80. The number of benzene rings is 3. The van der Waals surface area contributed by atoms with Gasteiger partial charge in [0.15, 0.2) is 0 Å². The van der Waals surface area contributed by atoms with E-state index in [0.29, 0.717) is 11.8 Å². The van der Waals surface area contributed by atoms with Crippen molar-refractivity contribution in [2.24, 2.45) is 5.92 Å². The second kappa shape index (κ2) is 8.21. The zero-order valence-corrected chi connectivity index (χ0v) is 17.8. The molecule has 0 spiro atoms. The summed E-state index contributed by atoms with van der Waals surface area (Å²) in [6.45, 7) is 9.04. The maximum absolute atomic E-state index is 4.80. The van der Waals surface area contributed by atoms with E-state index in [2.05, 4.69) is 100 Å². The predicted octanol–water partition coefficient (Wildman–Crippen LogP) is 7.89. The van der Waals surface area contributed by atoms with Crippen molar-refractivity contribution in [3.63, 3.8) is 0 Å². The minimum absolute atomic E-state index is 0.463. The smallest absolute Gasteiger partial charge is 0.0780 e. The molecule has 0 fully saturated rings. The van der Waals surface area contributed by atoms with Gasteiger partial charge in [-0.15, -0.1) is 0 Å². The highest BCUT2D eigenvalue weighted by atomic mass is 14.7. The number of aromatic nitrogens is 1. The van der Waals surface area contributed by atoms with Crippen LogP contribution in [-0.4, -0.2) is 4.98 Å². The normalized spacial score (nSPS) is 11.5. The van der Waals surface area contributed by atoms with Gasteiger partial charge in [-0.1, -0.05) is 82.3 Å². The van der Waals surface area contributed by atoms with Gasteiger partial charge in [0.2, 0.25) is 0 Å². The molecule has 3 aromatic carbocycles. The van der Waals surface area contributed by atoms with Crippen molar-refractivity contribution in [2.75, 3.05) is 0 Å². The first kappa shape index (κ1) is 19.4. The van der Waals surface area contributed by atoms with E-state index in [1.54, 1.807) is 0 Å². The van der Waals surface area contributed by atoms with Crippen molar-refractivity contribution in [1.29, 1.82) is 0 Å². The third-order valence-corrected chi connectivity index (χ3v) is 5.48. The minimum atomic E-state index is 0.463. The predicted molar refractivity (Wildman–Crippen MR) is 125 cm³/mol. The highest BCUT2D eigenvalue weighted by Crippen LogP contribution is 2.33. The molecule has 0 aliphatic heterocycles. The highest BCUT2D eigenvalue weighted by molar-refractivity contribution is 5.95. The van der Waals surface area contributed by atoms with Crippen LogP contribution < -0.4 is 0 Å². The van der Waals surface area contributed by atoms with Crippen molar-refractivity contribution in [3.05, 3.63) is 90.1 Å². The Balaban J connectivity index is 1.87. The Morgan fingerprint density at radius 1 is 0.724 bits per heavy atom. The maximum Gasteiger partial charge on any atom is 0.0780 e. The minimum Gasteiger partial charge on any atom is -0.256 e. The van der Waals surface area contributed by atoms with Crippen LogP contribution in [0.15, 0.2) is 79.0 Å². The molecule has 0 saturated heterocycles. The lowest BCUT2D eigenvalue weighted by molar-refractivity contribution is 0.648. The second-order valence-electron chi connectivity index (χ2n) is 8.68. The quantitative estimate of drug-likeness (QED) is 0.343. The first-order valence-electron chi connectivity index (χ1n) is 10.6. The molecular weight excluding hydrogens is 350 g/mol.